The van der Waals surface area contributed by atoms with Crippen molar-refractivity contribution in [2.24, 2.45) is 10.7 Å². The minimum Gasteiger partial charge on any atom is -0.469 e. The molecule has 0 saturated carbocycles. The summed E-state index contributed by atoms with van der Waals surface area (Å²) in [5, 5.41) is 0. The summed E-state index contributed by atoms with van der Waals surface area (Å²) in [4.78, 5) is 30.2. The maximum Gasteiger partial charge on any atom is 0.305 e. The molecule has 1 heterocycles. The number of esters is 1. The first-order valence-corrected chi connectivity index (χ1v) is 8.74. The van der Waals surface area contributed by atoms with Gasteiger partial charge in [-0.25, -0.2) is 4.99 Å². The normalized spacial score (nSPS) is 16.6. The summed E-state index contributed by atoms with van der Waals surface area (Å²) in [5.74, 6) is 0.148. The van der Waals surface area contributed by atoms with E-state index in [0.29, 0.717) is 31.8 Å². The number of ether oxygens (including phenoxy) is 1. The standard InChI is InChI=1S/C17H31N3O3/c1-4-6-11-17(12-7-5-2)15(22)20(16(18)19-17)13-9-8-10-14(21)23-3/h4-13H2,1-3H3,(H2,18,19). The third-order valence-corrected chi connectivity index (χ3v) is 4.38. The number of nitrogens with two attached hydrogens (primary N) is 1. The summed E-state index contributed by atoms with van der Waals surface area (Å²) >= 11 is 0. The molecule has 0 fully saturated rings. The Balaban J connectivity index is 2.64. The molecule has 0 bridgehead atoms. The van der Waals surface area contributed by atoms with Gasteiger partial charge in [-0.3, -0.25) is 14.5 Å². The minimum atomic E-state index is -0.654. The molecule has 2 N–H and O–H groups in total. The van der Waals surface area contributed by atoms with Crippen LogP contribution in [-0.4, -0.2) is 41.9 Å². The molecule has 132 valence electrons. The zero-order valence-corrected chi connectivity index (χ0v) is 14.8. The van der Waals surface area contributed by atoms with E-state index in [4.69, 9.17) is 5.73 Å². The van der Waals surface area contributed by atoms with Crippen LogP contribution in [-0.2, 0) is 14.3 Å². The van der Waals surface area contributed by atoms with Gasteiger partial charge in [0.15, 0.2) is 5.96 Å². The SMILES string of the molecule is CCCCC1(CCCC)N=C(N)N(CCCCC(=O)OC)C1=O. The van der Waals surface area contributed by atoms with Crippen LogP contribution in [0.3, 0.4) is 0 Å². The van der Waals surface area contributed by atoms with Gasteiger partial charge in [0.2, 0.25) is 0 Å². The highest BCUT2D eigenvalue weighted by atomic mass is 16.5. The average molecular weight is 325 g/mol. The Morgan fingerprint density at radius 3 is 2.30 bits per heavy atom. The van der Waals surface area contributed by atoms with Gasteiger partial charge in [0.25, 0.3) is 5.91 Å². The lowest BCUT2D eigenvalue weighted by Gasteiger charge is -2.26. The number of hydrogen-bond acceptors (Lipinski definition) is 5. The second-order valence-corrected chi connectivity index (χ2v) is 6.20. The van der Waals surface area contributed by atoms with Crippen molar-refractivity contribution < 1.29 is 14.3 Å². The van der Waals surface area contributed by atoms with Gasteiger partial charge in [0.05, 0.1) is 7.11 Å². The molecule has 0 atom stereocenters. The molecule has 6 heteroatoms. The Kier molecular flexibility index (Phi) is 8.06. The van der Waals surface area contributed by atoms with Crippen molar-refractivity contribution in [2.45, 2.75) is 77.2 Å². The Bertz CT molecular complexity index is 427. The third kappa shape index (κ3) is 5.22. The van der Waals surface area contributed by atoms with Crippen molar-refractivity contribution in [1.82, 2.24) is 4.90 Å². The molecule has 0 unspecified atom stereocenters. The predicted molar refractivity (Wildman–Crippen MR) is 91.0 cm³/mol. The van der Waals surface area contributed by atoms with Crippen molar-refractivity contribution in [3.63, 3.8) is 0 Å². The zero-order valence-electron chi connectivity index (χ0n) is 14.8. The maximum absolute atomic E-state index is 12.9. The lowest BCUT2D eigenvalue weighted by Crippen LogP contribution is -2.44. The smallest absolute Gasteiger partial charge is 0.305 e. The van der Waals surface area contributed by atoms with Crippen LogP contribution in [0.1, 0.15) is 71.6 Å². The number of rotatable bonds is 11. The minimum absolute atomic E-state index is 0.0370. The largest absolute Gasteiger partial charge is 0.469 e. The Morgan fingerprint density at radius 2 is 1.78 bits per heavy atom. The van der Waals surface area contributed by atoms with Gasteiger partial charge in [0.1, 0.15) is 5.54 Å². The van der Waals surface area contributed by atoms with Crippen LogP contribution >= 0.6 is 0 Å². The molecule has 1 aliphatic rings. The summed E-state index contributed by atoms with van der Waals surface area (Å²) in [7, 11) is 1.38. The van der Waals surface area contributed by atoms with Gasteiger partial charge in [-0.1, -0.05) is 39.5 Å². The molecule has 1 aliphatic heterocycles. The molecular weight excluding hydrogens is 294 g/mol. The van der Waals surface area contributed by atoms with E-state index in [0.717, 1.165) is 38.5 Å². The first kappa shape index (κ1) is 19.5. The summed E-state index contributed by atoms with van der Waals surface area (Å²) < 4.78 is 4.62. The number of amides is 1. The monoisotopic (exact) mass is 325 g/mol. The fraction of sp³-hybridized carbons (Fsp3) is 0.824. The summed E-state index contributed by atoms with van der Waals surface area (Å²) in [6.07, 6.45) is 7.32. The predicted octanol–water partition coefficient (Wildman–Crippen LogP) is 2.61. The molecule has 0 aromatic rings. The van der Waals surface area contributed by atoms with E-state index >= 15 is 0 Å². The molecule has 6 nitrogen and oxygen atoms in total. The molecule has 23 heavy (non-hydrogen) atoms. The van der Waals surface area contributed by atoms with Crippen LogP contribution < -0.4 is 5.73 Å². The maximum atomic E-state index is 12.9. The Morgan fingerprint density at radius 1 is 1.17 bits per heavy atom. The molecule has 0 aromatic carbocycles. The van der Waals surface area contributed by atoms with Gasteiger partial charge in [-0.15, -0.1) is 0 Å². The van der Waals surface area contributed by atoms with Crippen molar-refractivity contribution in [3.05, 3.63) is 0 Å². The van der Waals surface area contributed by atoms with Crippen LogP contribution in [0.15, 0.2) is 4.99 Å². The number of unbranched alkanes of at least 4 members (excludes halogenated alkanes) is 3. The highest BCUT2D eigenvalue weighted by molar-refractivity contribution is 6.06. The van der Waals surface area contributed by atoms with Crippen LogP contribution in [0.25, 0.3) is 0 Å². The zero-order chi connectivity index (χ0) is 17.3. The van der Waals surface area contributed by atoms with E-state index < -0.39 is 5.54 Å². The van der Waals surface area contributed by atoms with Gasteiger partial charge in [-0.2, -0.15) is 0 Å². The fourth-order valence-corrected chi connectivity index (χ4v) is 2.93. The molecule has 1 amide bonds. The van der Waals surface area contributed by atoms with Crippen LogP contribution in [0.5, 0.6) is 0 Å². The highest BCUT2D eigenvalue weighted by Gasteiger charge is 2.46. The first-order valence-electron chi connectivity index (χ1n) is 8.74. The van der Waals surface area contributed by atoms with E-state index in [9.17, 15) is 9.59 Å². The Hall–Kier alpha value is -1.59. The molecule has 1 rings (SSSR count). The van der Waals surface area contributed by atoms with Gasteiger partial charge in [-0.05, 0) is 25.7 Å². The average Bonchev–Trinajstić information content (AvgIpc) is 2.78. The second kappa shape index (κ2) is 9.53. The van der Waals surface area contributed by atoms with Crippen molar-refractivity contribution in [2.75, 3.05) is 13.7 Å². The van der Waals surface area contributed by atoms with E-state index in [1.165, 1.54) is 7.11 Å². The lowest BCUT2D eigenvalue weighted by atomic mass is 9.87. The highest BCUT2D eigenvalue weighted by Crippen LogP contribution is 2.33. The Labute approximate surface area is 139 Å². The van der Waals surface area contributed by atoms with Crippen molar-refractivity contribution in [3.8, 4) is 0 Å². The number of carbonyl (C=O) groups is 2. The van der Waals surface area contributed by atoms with Gasteiger partial charge in [0, 0.05) is 13.0 Å². The number of carbonyl (C=O) groups excluding carboxylic acids is 2. The molecule has 0 aromatic heterocycles. The molecule has 0 radical (unpaired) electrons. The molecular formula is C17H31N3O3. The number of nitrogens with zero attached hydrogens (tertiary/aromatic N) is 2. The van der Waals surface area contributed by atoms with E-state index in [-0.39, 0.29) is 11.9 Å². The number of aliphatic imine (C=N–C) groups is 1. The van der Waals surface area contributed by atoms with E-state index in [1.54, 1.807) is 4.90 Å². The molecule has 0 aliphatic carbocycles. The second-order valence-electron chi connectivity index (χ2n) is 6.20. The van der Waals surface area contributed by atoms with Crippen molar-refractivity contribution >= 4 is 17.8 Å². The summed E-state index contributed by atoms with van der Waals surface area (Å²) in [6.45, 7) is 4.75. The van der Waals surface area contributed by atoms with E-state index in [2.05, 4.69) is 23.6 Å². The molecule has 0 saturated heterocycles. The van der Waals surface area contributed by atoms with Gasteiger partial charge < -0.3 is 10.5 Å². The fourth-order valence-electron chi connectivity index (χ4n) is 2.93. The van der Waals surface area contributed by atoms with Crippen molar-refractivity contribution in [1.29, 1.82) is 0 Å². The number of hydrogen-bond donors (Lipinski definition) is 1. The third-order valence-electron chi connectivity index (χ3n) is 4.38. The summed E-state index contributed by atoms with van der Waals surface area (Å²) in [6, 6.07) is 0. The quantitative estimate of drug-likeness (QED) is 0.467. The number of methoxy groups -OCH3 is 1. The number of guanidine groups is 1. The lowest BCUT2D eigenvalue weighted by molar-refractivity contribution is -0.140. The van der Waals surface area contributed by atoms with E-state index in [1.807, 2.05) is 0 Å². The van der Waals surface area contributed by atoms with Crippen LogP contribution in [0.2, 0.25) is 0 Å². The summed E-state index contributed by atoms with van der Waals surface area (Å²) in [5.41, 5.74) is 5.37. The van der Waals surface area contributed by atoms with Gasteiger partial charge >= 0.3 is 5.97 Å². The molecule has 0 spiro atoms. The topological polar surface area (TPSA) is 85.0 Å². The van der Waals surface area contributed by atoms with Crippen LogP contribution in [0, 0.1) is 0 Å². The first-order chi connectivity index (χ1) is 11.0. The van der Waals surface area contributed by atoms with Crippen LogP contribution in [0.4, 0.5) is 0 Å².